The van der Waals surface area contributed by atoms with E-state index in [0.717, 1.165) is 38.9 Å². The van der Waals surface area contributed by atoms with Gasteiger partial charge in [0.15, 0.2) is 0 Å². The summed E-state index contributed by atoms with van der Waals surface area (Å²) >= 11 is 0. The van der Waals surface area contributed by atoms with E-state index in [1.165, 1.54) is 5.56 Å². The number of amides is 2. The number of nitrogens with zero attached hydrogens (tertiary/aromatic N) is 1. The molecule has 1 aliphatic rings. The summed E-state index contributed by atoms with van der Waals surface area (Å²) in [7, 11) is 0. The smallest absolute Gasteiger partial charge is 0.221 e. The van der Waals surface area contributed by atoms with E-state index in [1.54, 1.807) is 0 Å². The van der Waals surface area contributed by atoms with Crippen LogP contribution in [0.1, 0.15) is 45.1 Å². The molecule has 1 aliphatic heterocycles. The molecule has 0 bridgehead atoms. The lowest BCUT2D eigenvalue weighted by atomic mass is 10.0. The maximum Gasteiger partial charge on any atom is 0.221 e. The number of nitrogens with one attached hydrogen (secondary N) is 2. The van der Waals surface area contributed by atoms with E-state index in [9.17, 15) is 9.59 Å². The summed E-state index contributed by atoms with van der Waals surface area (Å²) in [6, 6.07) is 10.8. The Morgan fingerprint density at radius 2 is 1.81 bits per heavy atom. The Kier molecular flexibility index (Phi) is 8.62. The predicted octanol–water partition coefficient (Wildman–Crippen LogP) is 2.36. The number of hydrogen-bond acceptors (Lipinski definition) is 3. The third kappa shape index (κ3) is 8.00. The summed E-state index contributed by atoms with van der Waals surface area (Å²) < 4.78 is 0. The number of carbonyl (C=O) groups is 2. The molecule has 2 amide bonds. The van der Waals surface area contributed by atoms with Gasteiger partial charge in [-0.25, -0.2) is 0 Å². The third-order valence-corrected chi connectivity index (χ3v) is 4.78. The van der Waals surface area contributed by atoms with Crippen molar-refractivity contribution < 1.29 is 9.59 Å². The van der Waals surface area contributed by atoms with E-state index in [-0.39, 0.29) is 17.9 Å². The minimum atomic E-state index is 0.0273. The van der Waals surface area contributed by atoms with Crippen molar-refractivity contribution in [3.8, 4) is 0 Å². The van der Waals surface area contributed by atoms with Crippen LogP contribution < -0.4 is 10.6 Å². The number of likely N-dealkylation sites (tertiary alicyclic amines) is 1. The molecule has 0 aromatic heterocycles. The quantitative estimate of drug-likeness (QED) is 0.711. The summed E-state index contributed by atoms with van der Waals surface area (Å²) in [6.45, 7) is 7.59. The second-order valence-corrected chi connectivity index (χ2v) is 7.62. The lowest BCUT2D eigenvalue weighted by Crippen LogP contribution is -2.45. The van der Waals surface area contributed by atoms with Crippen molar-refractivity contribution in [2.75, 3.05) is 26.2 Å². The second kappa shape index (κ2) is 11.0. The van der Waals surface area contributed by atoms with E-state index in [1.807, 2.05) is 19.9 Å². The van der Waals surface area contributed by atoms with Gasteiger partial charge in [0.2, 0.25) is 11.8 Å². The number of piperidine rings is 1. The molecule has 1 aromatic rings. The SMILES string of the molecule is CC(C)CC(=O)NCCC(=O)NC1CCN(CCc2ccccc2)CC1. The molecule has 0 radical (unpaired) electrons. The van der Waals surface area contributed by atoms with Gasteiger partial charge in [-0.1, -0.05) is 44.2 Å². The largest absolute Gasteiger partial charge is 0.356 e. The fourth-order valence-corrected chi connectivity index (χ4v) is 3.29. The molecular weight excluding hydrogens is 326 g/mol. The van der Waals surface area contributed by atoms with Crippen LogP contribution in [0, 0.1) is 5.92 Å². The van der Waals surface area contributed by atoms with Crippen molar-refractivity contribution in [3.63, 3.8) is 0 Å². The summed E-state index contributed by atoms with van der Waals surface area (Å²) in [5.74, 6) is 0.410. The molecule has 5 nitrogen and oxygen atoms in total. The first-order chi connectivity index (χ1) is 12.5. The number of benzene rings is 1. The van der Waals surface area contributed by atoms with E-state index >= 15 is 0 Å². The van der Waals surface area contributed by atoms with Gasteiger partial charge in [-0.2, -0.15) is 0 Å². The van der Waals surface area contributed by atoms with Crippen molar-refractivity contribution in [1.82, 2.24) is 15.5 Å². The predicted molar refractivity (Wildman–Crippen MR) is 105 cm³/mol. The molecule has 0 saturated carbocycles. The first-order valence-electron chi connectivity index (χ1n) is 9.85. The second-order valence-electron chi connectivity index (χ2n) is 7.62. The monoisotopic (exact) mass is 359 g/mol. The molecule has 1 aromatic carbocycles. The molecule has 26 heavy (non-hydrogen) atoms. The highest BCUT2D eigenvalue weighted by molar-refractivity contribution is 5.79. The van der Waals surface area contributed by atoms with Gasteiger partial charge in [0.05, 0.1) is 0 Å². The Balaban J connectivity index is 1.56. The van der Waals surface area contributed by atoms with Crippen LogP contribution in [0.2, 0.25) is 0 Å². The van der Waals surface area contributed by atoms with Crippen molar-refractivity contribution in [2.45, 2.75) is 52.0 Å². The highest BCUT2D eigenvalue weighted by atomic mass is 16.2. The highest BCUT2D eigenvalue weighted by Gasteiger charge is 2.20. The number of hydrogen-bond donors (Lipinski definition) is 2. The van der Waals surface area contributed by atoms with Crippen LogP contribution in [-0.4, -0.2) is 48.9 Å². The highest BCUT2D eigenvalue weighted by Crippen LogP contribution is 2.11. The lowest BCUT2D eigenvalue weighted by Gasteiger charge is -2.32. The Morgan fingerprint density at radius 3 is 2.46 bits per heavy atom. The zero-order valence-electron chi connectivity index (χ0n) is 16.2. The van der Waals surface area contributed by atoms with Crippen molar-refractivity contribution in [3.05, 3.63) is 35.9 Å². The summed E-state index contributed by atoms with van der Waals surface area (Å²) in [4.78, 5) is 26.1. The summed E-state index contributed by atoms with van der Waals surface area (Å²) in [5, 5.41) is 5.92. The van der Waals surface area contributed by atoms with Crippen LogP contribution in [0.5, 0.6) is 0 Å². The maximum absolute atomic E-state index is 12.0. The zero-order chi connectivity index (χ0) is 18.8. The average Bonchev–Trinajstić information content (AvgIpc) is 2.61. The fourth-order valence-electron chi connectivity index (χ4n) is 3.29. The molecule has 1 saturated heterocycles. The zero-order valence-corrected chi connectivity index (χ0v) is 16.2. The third-order valence-electron chi connectivity index (χ3n) is 4.78. The molecule has 0 unspecified atom stereocenters. The molecule has 1 heterocycles. The van der Waals surface area contributed by atoms with Crippen LogP contribution in [0.3, 0.4) is 0 Å². The Hall–Kier alpha value is -1.88. The summed E-state index contributed by atoms with van der Waals surface area (Å²) in [6.07, 6.45) is 3.95. The van der Waals surface area contributed by atoms with Crippen molar-refractivity contribution >= 4 is 11.8 Å². The summed E-state index contributed by atoms with van der Waals surface area (Å²) in [5.41, 5.74) is 1.38. The first kappa shape index (κ1) is 20.4. The molecule has 5 heteroatoms. The molecule has 2 rings (SSSR count). The first-order valence-corrected chi connectivity index (χ1v) is 9.85. The van der Waals surface area contributed by atoms with E-state index in [0.29, 0.717) is 25.3 Å². The van der Waals surface area contributed by atoms with Gasteiger partial charge in [-0.05, 0) is 30.7 Å². The molecule has 2 N–H and O–H groups in total. The van der Waals surface area contributed by atoms with Gasteiger partial charge in [-0.15, -0.1) is 0 Å². The van der Waals surface area contributed by atoms with Crippen LogP contribution in [0.25, 0.3) is 0 Å². The van der Waals surface area contributed by atoms with Crippen molar-refractivity contribution in [2.24, 2.45) is 5.92 Å². The molecule has 0 aliphatic carbocycles. The average molecular weight is 360 g/mol. The van der Waals surface area contributed by atoms with E-state index in [2.05, 4.69) is 39.8 Å². The fraction of sp³-hybridized carbons (Fsp3) is 0.619. The van der Waals surface area contributed by atoms with E-state index in [4.69, 9.17) is 0 Å². The van der Waals surface area contributed by atoms with Gasteiger partial charge in [0.1, 0.15) is 0 Å². The molecule has 1 fully saturated rings. The number of rotatable bonds is 9. The van der Waals surface area contributed by atoms with Crippen LogP contribution >= 0.6 is 0 Å². The van der Waals surface area contributed by atoms with Crippen LogP contribution in [-0.2, 0) is 16.0 Å². The minimum Gasteiger partial charge on any atom is -0.356 e. The molecular formula is C21H33N3O2. The van der Waals surface area contributed by atoms with Gasteiger partial charge in [0.25, 0.3) is 0 Å². The van der Waals surface area contributed by atoms with Crippen molar-refractivity contribution in [1.29, 1.82) is 0 Å². The molecule has 0 atom stereocenters. The topological polar surface area (TPSA) is 61.4 Å². The van der Waals surface area contributed by atoms with Crippen LogP contribution in [0.15, 0.2) is 30.3 Å². The van der Waals surface area contributed by atoms with E-state index < -0.39 is 0 Å². The normalized spacial score (nSPS) is 15.8. The molecule has 144 valence electrons. The van der Waals surface area contributed by atoms with Gasteiger partial charge in [0, 0.05) is 45.1 Å². The lowest BCUT2D eigenvalue weighted by molar-refractivity contribution is -0.123. The van der Waals surface area contributed by atoms with Gasteiger partial charge in [-0.3, -0.25) is 9.59 Å². The van der Waals surface area contributed by atoms with Gasteiger partial charge >= 0.3 is 0 Å². The minimum absolute atomic E-state index is 0.0273. The Bertz CT molecular complexity index is 552. The standard InChI is InChI=1S/C21H33N3O2/c1-17(2)16-21(26)22-12-8-20(25)23-19-10-14-24(15-11-19)13-9-18-6-4-3-5-7-18/h3-7,17,19H,8-16H2,1-2H3,(H,22,26)(H,23,25). The van der Waals surface area contributed by atoms with Crippen LogP contribution in [0.4, 0.5) is 0 Å². The Labute approximate surface area is 157 Å². The number of carbonyl (C=O) groups excluding carboxylic acids is 2. The van der Waals surface area contributed by atoms with Gasteiger partial charge < -0.3 is 15.5 Å². The maximum atomic E-state index is 12.0. The Morgan fingerprint density at radius 1 is 1.12 bits per heavy atom. The molecule has 0 spiro atoms.